The second-order valence-corrected chi connectivity index (χ2v) is 6.28. The number of phenols is 1. The lowest BCUT2D eigenvalue weighted by Gasteiger charge is -2.10. The van der Waals surface area contributed by atoms with Crippen LogP contribution in [0, 0.1) is 0 Å². The van der Waals surface area contributed by atoms with Crippen molar-refractivity contribution in [1.82, 2.24) is 0 Å². The van der Waals surface area contributed by atoms with Gasteiger partial charge in [0, 0.05) is 6.42 Å². The van der Waals surface area contributed by atoms with Crippen molar-refractivity contribution >= 4 is 11.9 Å². The first-order valence-corrected chi connectivity index (χ1v) is 8.98. The monoisotopic (exact) mass is 374 g/mol. The molecule has 1 N–H and O–H groups in total. The van der Waals surface area contributed by atoms with Crippen LogP contribution in [0.1, 0.15) is 16.7 Å². The van der Waals surface area contributed by atoms with Gasteiger partial charge in [0.25, 0.3) is 0 Å². The van der Waals surface area contributed by atoms with Crippen LogP contribution in [0.2, 0.25) is 0 Å². The van der Waals surface area contributed by atoms with Crippen LogP contribution in [-0.4, -0.2) is 18.0 Å². The van der Waals surface area contributed by atoms with Crippen molar-refractivity contribution in [3.63, 3.8) is 0 Å². The number of methoxy groups -OCH3 is 1. The Labute approximate surface area is 164 Å². The van der Waals surface area contributed by atoms with Crippen LogP contribution in [0.3, 0.4) is 0 Å². The van der Waals surface area contributed by atoms with Gasteiger partial charge >= 0.3 is 0 Å². The molecule has 0 spiro atoms. The molecule has 3 aromatic carbocycles. The van der Waals surface area contributed by atoms with E-state index in [1.165, 1.54) is 13.2 Å². The Morgan fingerprint density at radius 3 is 2.39 bits per heavy atom. The Balaban J connectivity index is 1.64. The van der Waals surface area contributed by atoms with Gasteiger partial charge in [0.2, 0.25) is 0 Å². The minimum atomic E-state index is -0.0255. The number of rotatable bonds is 8. The maximum absolute atomic E-state index is 12.4. The van der Waals surface area contributed by atoms with Crippen molar-refractivity contribution in [3.05, 3.63) is 95.6 Å². The number of ketones is 1. The van der Waals surface area contributed by atoms with E-state index in [0.29, 0.717) is 12.4 Å². The number of carbonyl (C=O) groups excluding carboxylic acids is 1. The molecule has 0 bridgehead atoms. The molecular weight excluding hydrogens is 352 g/mol. The topological polar surface area (TPSA) is 55.8 Å². The summed E-state index contributed by atoms with van der Waals surface area (Å²) in [6.07, 6.45) is 3.49. The average molecular weight is 374 g/mol. The highest BCUT2D eigenvalue weighted by molar-refractivity contribution is 5.95. The van der Waals surface area contributed by atoms with Gasteiger partial charge in [0.15, 0.2) is 17.3 Å². The van der Waals surface area contributed by atoms with Crippen molar-refractivity contribution in [2.45, 2.75) is 13.0 Å². The first kappa shape index (κ1) is 19.2. The zero-order chi connectivity index (χ0) is 19.8. The molecule has 4 nitrogen and oxygen atoms in total. The Morgan fingerprint density at radius 2 is 1.68 bits per heavy atom. The number of hydrogen-bond acceptors (Lipinski definition) is 4. The molecule has 0 fully saturated rings. The van der Waals surface area contributed by atoms with E-state index in [-0.39, 0.29) is 18.0 Å². The van der Waals surface area contributed by atoms with E-state index in [4.69, 9.17) is 9.47 Å². The fourth-order valence-corrected chi connectivity index (χ4v) is 2.80. The maximum atomic E-state index is 12.4. The number of benzene rings is 3. The summed E-state index contributed by atoms with van der Waals surface area (Å²) in [5.41, 5.74) is 2.65. The molecule has 0 radical (unpaired) electrons. The number of ether oxygens (including phenoxy) is 2. The zero-order valence-electron chi connectivity index (χ0n) is 15.7. The second kappa shape index (κ2) is 9.42. The van der Waals surface area contributed by atoms with Crippen LogP contribution in [0.25, 0.3) is 6.08 Å². The number of para-hydroxylation sites is 1. The molecule has 0 atom stereocenters. The summed E-state index contributed by atoms with van der Waals surface area (Å²) in [6.45, 7) is 0.406. The number of aromatic hydroxyl groups is 1. The summed E-state index contributed by atoms with van der Waals surface area (Å²) in [5.74, 6) is 1.21. The second-order valence-electron chi connectivity index (χ2n) is 6.28. The van der Waals surface area contributed by atoms with E-state index in [0.717, 1.165) is 22.4 Å². The van der Waals surface area contributed by atoms with E-state index < -0.39 is 0 Å². The Bertz CT molecular complexity index is 961. The summed E-state index contributed by atoms with van der Waals surface area (Å²) >= 11 is 0. The Hall–Kier alpha value is -3.53. The van der Waals surface area contributed by atoms with Crippen LogP contribution in [0.4, 0.5) is 0 Å². The van der Waals surface area contributed by atoms with Gasteiger partial charge in [-0.3, -0.25) is 4.79 Å². The summed E-state index contributed by atoms with van der Waals surface area (Å²) in [6, 6.07) is 22.4. The average Bonchev–Trinajstić information content (AvgIpc) is 2.72. The maximum Gasteiger partial charge on any atom is 0.160 e. The number of phenolic OH excluding ortho intramolecular Hbond substituents is 1. The van der Waals surface area contributed by atoms with Crippen LogP contribution in [0.15, 0.2) is 78.9 Å². The van der Waals surface area contributed by atoms with Crippen molar-refractivity contribution in [1.29, 1.82) is 0 Å². The summed E-state index contributed by atoms with van der Waals surface area (Å²) < 4.78 is 10.8. The van der Waals surface area contributed by atoms with E-state index in [9.17, 15) is 9.90 Å². The Morgan fingerprint density at radius 1 is 0.964 bits per heavy atom. The van der Waals surface area contributed by atoms with Crippen LogP contribution < -0.4 is 9.47 Å². The minimum Gasteiger partial charge on any atom is -0.504 e. The molecule has 0 aromatic heterocycles. The normalized spacial score (nSPS) is 10.8. The van der Waals surface area contributed by atoms with Crippen LogP contribution in [-0.2, 0) is 17.8 Å². The van der Waals surface area contributed by atoms with E-state index in [1.807, 2.05) is 54.6 Å². The molecule has 28 heavy (non-hydrogen) atoms. The lowest BCUT2D eigenvalue weighted by atomic mass is 10.0. The molecule has 0 aliphatic carbocycles. The smallest absolute Gasteiger partial charge is 0.160 e. The van der Waals surface area contributed by atoms with Crippen molar-refractivity contribution in [2.75, 3.05) is 7.11 Å². The predicted octanol–water partition coefficient (Wildman–Crippen LogP) is 4.80. The fraction of sp³-hybridized carbons (Fsp3) is 0.125. The van der Waals surface area contributed by atoms with Crippen LogP contribution in [0.5, 0.6) is 17.2 Å². The third kappa shape index (κ3) is 5.24. The minimum absolute atomic E-state index is 0.0255. The summed E-state index contributed by atoms with van der Waals surface area (Å²) in [7, 11) is 1.49. The third-order valence-electron chi connectivity index (χ3n) is 4.29. The lowest BCUT2D eigenvalue weighted by Crippen LogP contribution is -2.05. The molecule has 0 aliphatic rings. The molecule has 0 heterocycles. The zero-order valence-corrected chi connectivity index (χ0v) is 15.7. The molecule has 0 aliphatic heterocycles. The lowest BCUT2D eigenvalue weighted by molar-refractivity contribution is -0.113. The van der Waals surface area contributed by atoms with Gasteiger partial charge in [0.05, 0.1) is 7.11 Å². The van der Waals surface area contributed by atoms with Gasteiger partial charge < -0.3 is 14.6 Å². The molecule has 0 amide bonds. The first-order valence-electron chi connectivity index (χ1n) is 8.98. The summed E-state index contributed by atoms with van der Waals surface area (Å²) in [4.78, 5) is 12.4. The standard InChI is InChI=1S/C24H22O4/c1-27-24-14-12-18(15-23(24)26)11-13-21(25)16-19-7-5-6-8-20(19)17-28-22-9-3-2-4-10-22/h2-15,26H,16-17H2,1H3/b13-11+. The number of hydrogen-bond donors (Lipinski definition) is 1. The van der Waals surface area contributed by atoms with Gasteiger partial charge in [0.1, 0.15) is 12.4 Å². The van der Waals surface area contributed by atoms with E-state index >= 15 is 0 Å². The number of carbonyl (C=O) groups is 1. The number of allylic oxidation sites excluding steroid dienone is 1. The largest absolute Gasteiger partial charge is 0.504 e. The van der Waals surface area contributed by atoms with Crippen molar-refractivity contribution < 1.29 is 19.4 Å². The highest BCUT2D eigenvalue weighted by Gasteiger charge is 2.07. The quantitative estimate of drug-likeness (QED) is 0.575. The predicted molar refractivity (Wildman–Crippen MR) is 110 cm³/mol. The van der Waals surface area contributed by atoms with Gasteiger partial charge in [-0.1, -0.05) is 54.6 Å². The molecule has 0 unspecified atom stereocenters. The highest BCUT2D eigenvalue weighted by Crippen LogP contribution is 2.26. The first-order chi connectivity index (χ1) is 13.7. The molecule has 0 saturated carbocycles. The molecule has 142 valence electrons. The van der Waals surface area contributed by atoms with Crippen LogP contribution >= 0.6 is 0 Å². The van der Waals surface area contributed by atoms with Crippen molar-refractivity contribution in [3.8, 4) is 17.2 Å². The van der Waals surface area contributed by atoms with E-state index in [1.54, 1.807) is 24.3 Å². The molecule has 3 rings (SSSR count). The molecule has 4 heteroatoms. The molecule has 3 aromatic rings. The Kier molecular flexibility index (Phi) is 6.47. The van der Waals surface area contributed by atoms with Gasteiger partial charge in [-0.25, -0.2) is 0 Å². The fourth-order valence-electron chi connectivity index (χ4n) is 2.80. The SMILES string of the molecule is COc1ccc(/C=C/C(=O)Cc2ccccc2COc2ccccc2)cc1O. The molecular formula is C24H22O4. The van der Waals surface area contributed by atoms with Gasteiger partial charge in [-0.15, -0.1) is 0 Å². The van der Waals surface area contributed by atoms with E-state index in [2.05, 4.69) is 0 Å². The highest BCUT2D eigenvalue weighted by atomic mass is 16.5. The van der Waals surface area contributed by atoms with Gasteiger partial charge in [-0.05, 0) is 47.0 Å². The van der Waals surface area contributed by atoms with Crippen molar-refractivity contribution in [2.24, 2.45) is 0 Å². The molecule has 0 saturated heterocycles. The van der Waals surface area contributed by atoms with Gasteiger partial charge in [-0.2, -0.15) is 0 Å². The third-order valence-corrected chi connectivity index (χ3v) is 4.29. The summed E-state index contributed by atoms with van der Waals surface area (Å²) in [5, 5.41) is 9.82.